The van der Waals surface area contributed by atoms with Crippen LogP contribution in [0, 0.1) is 0 Å². The molecule has 0 heterocycles. The Labute approximate surface area is 193 Å². The van der Waals surface area contributed by atoms with Gasteiger partial charge >= 0.3 is 0 Å². The summed E-state index contributed by atoms with van der Waals surface area (Å²) in [5.74, 6) is 1.74. The molecule has 0 saturated carbocycles. The number of benzene rings is 4. The number of hydrogen-bond acceptors (Lipinski definition) is 2. The molecule has 4 aromatic carbocycles. The van der Waals surface area contributed by atoms with E-state index in [1.807, 2.05) is 18.2 Å². The van der Waals surface area contributed by atoms with Crippen LogP contribution < -0.4 is 9.47 Å². The number of alkyl halides is 1. The molecular weight excluding hydrogens is 448 g/mol. The minimum atomic E-state index is 0.865. The Morgan fingerprint density at radius 2 is 1.48 bits per heavy atom. The quantitative estimate of drug-likeness (QED) is 0.190. The van der Waals surface area contributed by atoms with Crippen molar-refractivity contribution in [3.05, 3.63) is 84.4 Å². The fourth-order valence-electron chi connectivity index (χ4n) is 4.06. The molecule has 0 radical (unpaired) electrons. The average Bonchev–Trinajstić information content (AvgIpc) is 2.83. The van der Waals surface area contributed by atoms with E-state index in [0.717, 1.165) is 23.2 Å². The molecular formula is C28H27BrO2. The number of halogens is 1. The van der Waals surface area contributed by atoms with Gasteiger partial charge in [0.05, 0.1) is 14.2 Å². The Hall–Kier alpha value is -2.78. The molecule has 2 nitrogen and oxygen atoms in total. The Morgan fingerprint density at radius 3 is 2.23 bits per heavy atom. The normalized spacial score (nSPS) is 10.9. The molecule has 0 aliphatic carbocycles. The molecule has 0 amide bonds. The third kappa shape index (κ3) is 4.77. The first-order valence-corrected chi connectivity index (χ1v) is 11.8. The van der Waals surface area contributed by atoms with Gasteiger partial charge in [-0.1, -0.05) is 70.5 Å². The van der Waals surface area contributed by atoms with Crippen molar-refractivity contribution in [1.29, 1.82) is 0 Å². The summed E-state index contributed by atoms with van der Waals surface area (Å²) in [4.78, 5) is 0. The molecule has 0 aromatic heterocycles. The van der Waals surface area contributed by atoms with Crippen LogP contribution in [0.15, 0.2) is 78.9 Å². The Kier molecular flexibility index (Phi) is 6.93. The van der Waals surface area contributed by atoms with Crippen molar-refractivity contribution in [1.82, 2.24) is 0 Å². The lowest BCUT2D eigenvalue weighted by atomic mass is 9.88. The Balaban J connectivity index is 1.88. The zero-order chi connectivity index (χ0) is 21.6. The van der Waals surface area contributed by atoms with Crippen molar-refractivity contribution in [3.63, 3.8) is 0 Å². The van der Waals surface area contributed by atoms with Crippen LogP contribution in [-0.4, -0.2) is 19.5 Å². The molecule has 0 aliphatic heterocycles. The van der Waals surface area contributed by atoms with Crippen molar-refractivity contribution in [2.75, 3.05) is 19.5 Å². The van der Waals surface area contributed by atoms with Crippen molar-refractivity contribution in [3.8, 4) is 33.8 Å². The third-order valence-electron chi connectivity index (χ3n) is 5.69. The van der Waals surface area contributed by atoms with Gasteiger partial charge in [-0.2, -0.15) is 0 Å². The van der Waals surface area contributed by atoms with Gasteiger partial charge < -0.3 is 9.47 Å². The van der Waals surface area contributed by atoms with Gasteiger partial charge in [-0.25, -0.2) is 0 Å². The number of aryl methyl sites for hydroxylation is 1. The largest absolute Gasteiger partial charge is 0.497 e. The van der Waals surface area contributed by atoms with E-state index in [1.54, 1.807) is 14.2 Å². The van der Waals surface area contributed by atoms with E-state index in [1.165, 1.54) is 51.4 Å². The molecule has 31 heavy (non-hydrogen) atoms. The Morgan fingerprint density at radius 1 is 0.710 bits per heavy atom. The second kappa shape index (κ2) is 10.0. The highest BCUT2D eigenvalue weighted by Gasteiger charge is 2.13. The standard InChI is InChI=1S/C28H27BrO2/c1-30-24-12-9-21(10-13-24)26-15-11-22-19-25(31-2)14-16-27(22)28(26)23-8-5-7-20(18-23)6-3-4-17-29/h5,7-16,18-19H,3-4,6,17H2,1-2H3. The minimum absolute atomic E-state index is 0.865. The molecule has 0 saturated heterocycles. The fourth-order valence-corrected chi connectivity index (χ4v) is 4.46. The summed E-state index contributed by atoms with van der Waals surface area (Å²) >= 11 is 3.54. The molecule has 3 heteroatoms. The number of fused-ring (bicyclic) bond motifs is 1. The topological polar surface area (TPSA) is 18.5 Å². The highest BCUT2D eigenvalue weighted by Crippen LogP contribution is 2.40. The summed E-state index contributed by atoms with van der Waals surface area (Å²) in [7, 11) is 3.41. The molecule has 0 spiro atoms. The molecule has 158 valence electrons. The maximum absolute atomic E-state index is 5.46. The van der Waals surface area contributed by atoms with Gasteiger partial charge in [0.15, 0.2) is 0 Å². The molecule has 4 rings (SSSR count). The summed E-state index contributed by atoms with van der Waals surface area (Å²) in [5, 5.41) is 3.46. The van der Waals surface area contributed by atoms with E-state index in [9.17, 15) is 0 Å². The van der Waals surface area contributed by atoms with Crippen LogP contribution in [0.25, 0.3) is 33.0 Å². The first-order chi connectivity index (χ1) is 15.2. The van der Waals surface area contributed by atoms with Gasteiger partial charge in [0.2, 0.25) is 0 Å². The third-order valence-corrected chi connectivity index (χ3v) is 6.25. The van der Waals surface area contributed by atoms with Gasteiger partial charge in [0, 0.05) is 5.33 Å². The van der Waals surface area contributed by atoms with Gasteiger partial charge in [0.25, 0.3) is 0 Å². The van der Waals surface area contributed by atoms with Gasteiger partial charge in [-0.3, -0.25) is 0 Å². The fraction of sp³-hybridized carbons (Fsp3) is 0.214. The summed E-state index contributed by atoms with van der Waals surface area (Å²) in [6.45, 7) is 0. The maximum atomic E-state index is 5.46. The lowest BCUT2D eigenvalue weighted by molar-refractivity contribution is 0.415. The predicted molar refractivity (Wildman–Crippen MR) is 135 cm³/mol. The van der Waals surface area contributed by atoms with Crippen LogP contribution in [0.1, 0.15) is 18.4 Å². The molecule has 0 unspecified atom stereocenters. The van der Waals surface area contributed by atoms with Crippen molar-refractivity contribution in [2.24, 2.45) is 0 Å². The van der Waals surface area contributed by atoms with Crippen LogP contribution >= 0.6 is 15.9 Å². The summed E-state index contributed by atoms with van der Waals surface area (Å²) < 4.78 is 10.8. The lowest BCUT2D eigenvalue weighted by Gasteiger charge is -2.16. The van der Waals surface area contributed by atoms with Crippen LogP contribution in [0.4, 0.5) is 0 Å². The summed E-state index contributed by atoms with van der Waals surface area (Å²) in [6, 6.07) is 28.0. The first-order valence-electron chi connectivity index (χ1n) is 10.6. The van der Waals surface area contributed by atoms with Crippen LogP contribution in [0.2, 0.25) is 0 Å². The van der Waals surface area contributed by atoms with Crippen molar-refractivity contribution in [2.45, 2.75) is 19.3 Å². The molecule has 0 fully saturated rings. The SMILES string of the molecule is COc1ccc(-c2ccc3cc(OC)ccc3c2-c2cccc(CCCCBr)c2)cc1. The highest BCUT2D eigenvalue weighted by atomic mass is 79.9. The average molecular weight is 475 g/mol. The number of methoxy groups -OCH3 is 2. The first kappa shape index (κ1) is 21.5. The van der Waals surface area contributed by atoms with Gasteiger partial charge in [-0.15, -0.1) is 0 Å². The summed E-state index contributed by atoms with van der Waals surface area (Å²) in [6.07, 6.45) is 3.47. The second-order valence-corrected chi connectivity index (χ2v) is 8.44. The van der Waals surface area contributed by atoms with E-state index in [0.29, 0.717) is 0 Å². The number of hydrogen-bond donors (Lipinski definition) is 0. The zero-order valence-electron chi connectivity index (χ0n) is 18.0. The number of ether oxygens (including phenoxy) is 2. The van der Waals surface area contributed by atoms with E-state index < -0.39 is 0 Å². The van der Waals surface area contributed by atoms with Crippen LogP contribution in [0.3, 0.4) is 0 Å². The highest BCUT2D eigenvalue weighted by molar-refractivity contribution is 9.09. The number of rotatable bonds is 8. The molecule has 0 atom stereocenters. The maximum Gasteiger partial charge on any atom is 0.119 e. The smallest absolute Gasteiger partial charge is 0.119 e. The van der Waals surface area contributed by atoms with E-state index in [2.05, 4.69) is 76.6 Å². The van der Waals surface area contributed by atoms with Crippen LogP contribution in [-0.2, 0) is 6.42 Å². The minimum Gasteiger partial charge on any atom is -0.497 e. The molecule has 0 bridgehead atoms. The predicted octanol–water partition coefficient (Wildman–Crippen LogP) is 7.91. The van der Waals surface area contributed by atoms with Crippen molar-refractivity contribution >= 4 is 26.7 Å². The molecule has 0 N–H and O–H groups in total. The van der Waals surface area contributed by atoms with Gasteiger partial charge in [0.1, 0.15) is 11.5 Å². The Bertz CT molecular complexity index is 1170. The summed E-state index contributed by atoms with van der Waals surface area (Å²) in [5.41, 5.74) is 6.28. The monoisotopic (exact) mass is 474 g/mol. The lowest BCUT2D eigenvalue weighted by Crippen LogP contribution is -1.92. The van der Waals surface area contributed by atoms with Gasteiger partial charge in [-0.05, 0) is 82.1 Å². The van der Waals surface area contributed by atoms with E-state index in [4.69, 9.17) is 9.47 Å². The van der Waals surface area contributed by atoms with Crippen molar-refractivity contribution < 1.29 is 9.47 Å². The van der Waals surface area contributed by atoms with Crippen LogP contribution in [0.5, 0.6) is 11.5 Å². The van der Waals surface area contributed by atoms with E-state index in [-0.39, 0.29) is 0 Å². The zero-order valence-corrected chi connectivity index (χ0v) is 19.6. The van der Waals surface area contributed by atoms with E-state index >= 15 is 0 Å². The second-order valence-electron chi connectivity index (χ2n) is 7.65. The molecule has 4 aromatic rings. The molecule has 0 aliphatic rings. The number of unbranched alkanes of at least 4 members (excludes halogenated alkanes) is 1.